The molecule has 0 aliphatic carbocycles. The van der Waals surface area contributed by atoms with Gasteiger partial charge in [-0.1, -0.05) is 26.7 Å². The number of carboxylic acid groups (broad SMARTS) is 2. The number of azo groups is 1. The Balaban J connectivity index is 4.48. The summed E-state index contributed by atoms with van der Waals surface area (Å²) in [7, 11) is 0. The fourth-order valence-corrected chi connectivity index (χ4v) is 1.17. The van der Waals surface area contributed by atoms with Gasteiger partial charge in [0.25, 0.3) is 0 Å². The number of rotatable bonds is 8. The summed E-state index contributed by atoms with van der Waals surface area (Å²) in [5.41, 5.74) is 0. The maximum Gasteiger partial charge on any atom is 0.330 e. The normalized spacial score (nSPS) is 14.9. The summed E-state index contributed by atoms with van der Waals surface area (Å²) in [6.07, 6.45) is 2.08. The van der Waals surface area contributed by atoms with Gasteiger partial charge in [-0.15, -0.1) is 0 Å². The van der Waals surface area contributed by atoms with Crippen LogP contribution in [-0.2, 0) is 9.59 Å². The van der Waals surface area contributed by atoms with Crippen LogP contribution in [0.4, 0.5) is 0 Å². The van der Waals surface area contributed by atoms with Crippen LogP contribution in [0.2, 0.25) is 0 Å². The molecule has 0 bridgehead atoms. The van der Waals surface area contributed by atoms with E-state index in [-0.39, 0.29) is 0 Å². The van der Waals surface area contributed by atoms with Gasteiger partial charge in [0.2, 0.25) is 0 Å². The summed E-state index contributed by atoms with van der Waals surface area (Å²) in [5.74, 6) is -2.13. The third-order valence-electron chi connectivity index (χ3n) is 2.04. The van der Waals surface area contributed by atoms with Crippen molar-refractivity contribution in [2.45, 2.75) is 51.6 Å². The average molecular weight is 230 g/mol. The molecule has 0 aromatic rings. The molecule has 0 radical (unpaired) electrons. The van der Waals surface area contributed by atoms with Crippen molar-refractivity contribution < 1.29 is 19.8 Å². The average Bonchev–Trinajstić information content (AvgIpc) is 2.21. The van der Waals surface area contributed by atoms with Crippen LogP contribution < -0.4 is 0 Å². The van der Waals surface area contributed by atoms with Gasteiger partial charge in [0.05, 0.1) is 0 Å². The van der Waals surface area contributed by atoms with Crippen molar-refractivity contribution >= 4 is 11.9 Å². The van der Waals surface area contributed by atoms with Crippen molar-refractivity contribution in [3.8, 4) is 0 Å². The molecular weight excluding hydrogens is 212 g/mol. The quantitative estimate of drug-likeness (QED) is 0.622. The van der Waals surface area contributed by atoms with Gasteiger partial charge in [-0.25, -0.2) is 9.59 Å². The van der Waals surface area contributed by atoms with Crippen molar-refractivity contribution in [3.63, 3.8) is 0 Å². The number of hydrogen-bond donors (Lipinski definition) is 2. The molecular formula is C10H18N2O4. The van der Waals surface area contributed by atoms with Gasteiger partial charge in [-0.3, -0.25) is 0 Å². The molecule has 0 aliphatic heterocycles. The molecule has 2 unspecified atom stereocenters. The lowest BCUT2D eigenvalue weighted by molar-refractivity contribution is -0.140. The van der Waals surface area contributed by atoms with Crippen LogP contribution in [0.25, 0.3) is 0 Å². The highest BCUT2D eigenvalue weighted by molar-refractivity contribution is 5.74. The molecule has 16 heavy (non-hydrogen) atoms. The second kappa shape index (κ2) is 7.78. The molecule has 0 heterocycles. The molecule has 0 saturated carbocycles. The van der Waals surface area contributed by atoms with E-state index in [1.165, 1.54) is 0 Å². The van der Waals surface area contributed by atoms with E-state index in [2.05, 4.69) is 10.2 Å². The Morgan fingerprint density at radius 3 is 1.44 bits per heavy atom. The van der Waals surface area contributed by atoms with Crippen molar-refractivity contribution in [1.29, 1.82) is 0 Å². The minimum absolute atomic E-state index is 0.372. The molecule has 0 spiro atoms. The molecule has 0 saturated heterocycles. The Labute approximate surface area is 94.4 Å². The minimum Gasteiger partial charge on any atom is -0.480 e. The minimum atomic E-state index is -1.06. The van der Waals surface area contributed by atoms with Crippen molar-refractivity contribution in [1.82, 2.24) is 0 Å². The van der Waals surface area contributed by atoms with Crippen LogP contribution in [0.5, 0.6) is 0 Å². The smallest absolute Gasteiger partial charge is 0.330 e. The molecule has 92 valence electrons. The van der Waals surface area contributed by atoms with E-state index < -0.39 is 24.0 Å². The first-order valence-corrected chi connectivity index (χ1v) is 5.38. The summed E-state index contributed by atoms with van der Waals surface area (Å²) in [6.45, 7) is 3.68. The van der Waals surface area contributed by atoms with E-state index in [9.17, 15) is 9.59 Å². The SMILES string of the molecule is CCCC(N=NC(CCC)C(=O)O)C(=O)O. The number of aliphatic carboxylic acids is 2. The van der Waals surface area contributed by atoms with Crippen molar-refractivity contribution in [3.05, 3.63) is 0 Å². The second-order valence-corrected chi connectivity index (χ2v) is 3.52. The second-order valence-electron chi connectivity index (χ2n) is 3.52. The van der Waals surface area contributed by atoms with Gasteiger partial charge in [-0.05, 0) is 12.8 Å². The lowest BCUT2D eigenvalue weighted by Crippen LogP contribution is -2.20. The molecule has 6 nitrogen and oxygen atoms in total. The molecule has 6 heteroatoms. The topological polar surface area (TPSA) is 99.3 Å². The molecule has 0 aromatic heterocycles. The zero-order chi connectivity index (χ0) is 12.6. The maximum absolute atomic E-state index is 10.7. The van der Waals surface area contributed by atoms with Crippen LogP contribution >= 0.6 is 0 Å². The third kappa shape index (κ3) is 5.43. The summed E-state index contributed by atoms with van der Waals surface area (Å²) in [4.78, 5) is 21.5. The lowest BCUT2D eigenvalue weighted by Gasteiger charge is -2.07. The summed E-state index contributed by atoms with van der Waals surface area (Å²) in [5, 5.41) is 24.8. The van der Waals surface area contributed by atoms with Crippen LogP contribution in [0, 0.1) is 0 Å². The van der Waals surface area contributed by atoms with Gasteiger partial charge >= 0.3 is 11.9 Å². The zero-order valence-corrected chi connectivity index (χ0v) is 9.59. The monoisotopic (exact) mass is 230 g/mol. The molecule has 0 aromatic carbocycles. The van der Waals surface area contributed by atoms with Crippen LogP contribution in [0.3, 0.4) is 0 Å². The van der Waals surface area contributed by atoms with Crippen molar-refractivity contribution in [2.75, 3.05) is 0 Å². The Bertz CT molecular complexity index is 240. The number of carboxylic acids is 2. The summed E-state index contributed by atoms with van der Waals surface area (Å²) >= 11 is 0. The number of nitrogens with zero attached hydrogens (tertiary/aromatic N) is 2. The van der Waals surface area contributed by atoms with Crippen molar-refractivity contribution in [2.24, 2.45) is 10.2 Å². The third-order valence-corrected chi connectivity index (χ3v) is 2.04. The summed E-state index contributed by atoms with van der Waals surface area (Å²) in [6, 6.07) is -1.85. The van der Waals surface area contributed by atoms with E-state index in [1.54, 1.807) is 0 Å². The van der Waals surface area contributed by atoms with Crippen LogP contribution in [0.1, 0.15) is 39.5 Å². The molecule has 0 amide bonds. The van der Waals surface area contributed by atoms with E-state index >= 15 is 0 Å². The van der Waals surface area contributed by atoms with Crippen LogP contribution in [0.15, 0.2) is 10.2 Å². The highest BCUT2D eigenvalue weighted by Crippen LogP contribution is 2.07. The first kappa shape index (κ1) is 14.5. The van der Waals surface area contributed by atoms with Gasteiger partial charge in [-0.2, -0.15) is 10.2 Å². The van der Waals surface area contributed by atoms with Gasteiger partial charge in [0.1, 0.15) is 0 Å². The highest BCUT2D eigenvalue weighted by Gasteiger charge is 2.19. The number of carbonyl (C=O) groups is 2. The van der Waals surface area contributed by atoms with E-state index in [0.29, 0.717) is 25.7 Å². The fraction of sp³-hybridized carbons (Fsp3) is 0.800. The maximum atomic E-state index is 10.7. The zero-order valence-electron chi connectivity index (χ0n) is 9.59. The standard InChI is InChI=1S/C10H18N2O4/c1-3-5-7(9(13)14)11-12-8(6-4-2)10(15)16/h7-8H,3-6H2,1-2H3,(H,13,14)(H,15,16). The molecule has 0 fully saturated rings. The predicted octanol–water partition coefficient (Wildman–Crippen LogP) is 1.95. The molecule has 0 aliphatic rings. The summed E-state index contributed by atoms with van der Waals surface area (Å²) < 4.78 is 0. The fourth-order valence-electron chi connectivity index (χ4n) is 1.17. The Kier molecular flexibility index (Phi) is 7.07. The Morgan fingerprint density at radius 2 is 1.25 bits per heavy atom. The largest absolute Gasteiger partial charge is 0.480 e. The van der Waals surface area contributed by atoms with Gasteiger partial charge in [0.15, 0.2) is 12.1 Å². The van der Waals surface area contributed by atoms with Gasteiger partial charge < -0.3 is 10.2 Å². The Hall–Kier alpha value is -1.46. The van der Waals surface area contributed by atoms with E-state index in [0.717, 1.165) is 0 Å². The van der Waals surface area contributed by atoms with Crippen LogP contribution in [-0.4, -0.2) is 34.2 Å². The number of hydrogen-bond acceptors (Lipinski definition) is 4. The van der Waals surface area contributed by atoms with E-state index in [1.807, 2.05) is 13.8 Å². The molecule has 0 rings (SSSR count). The molecule has 2 atom stereocenters. The van der Waals surface area contributed by atoms with E-state index in [4.69, 9.17) is 10.2 Å². The van der Waals surface area contributed by atoms with Gasteiger partial charge in [0, 0.05) is 0 Å². The highest BCUT2D eigenvalue weighted by atomic mass is 16.4. The lowest BCUT2D eigenvalue weighted by atomic mass is 10.2. The first-order valence-electron chi connectivity index (χ1n) is 5.38. The first-order chi connectivity index (χ1) is 7.52. The predicted molar refractivity (Wildman–Crippen MR) is 57.5 cm³/mol. The Morgan fingerprint density at radius 1 is 0.938 bits per heavy atom. The molecule has 2 N–H and O–H groups in total.